The van der Waals surface area contributed by atoms with Gasteiger partial charge in [-0.15, -0.1) is 0 Å². The first-order valence-corrected chi connectivity index (χ1v) is 10.00. The number of hydrogen-bond donors (Lipinski definition) is 0. The van der Waals surface area contributed by atoms with Gasteiger partial charge >= 0.3 is 0 Å². The molecule has 3 aromatic carbocycles. The van der Waals surface area contributed by atoms with Crippen molar-refractivity contribution in [2.24, 2.45) is 0 Å². The molecule has 0 spiro atoms. The van der Waals surface area contributed by atoms with Crippen molar-refractivity contribution >= 4 is 22.6 Å². The number of aromatic nitrogens is 4. The Morgan fingerprint density at radius 1 is 0.871 bits per heavy atom. The maximum Gasteiger partial charge on any atom is 0.269 e. The standard InChI is InChI=1S/C24H17ClN4O2/c1-31-20-13-11-18(12-14-20)28-22(16-7-9-17(25)10-8-16)27-23-21(24(28)30)15-26-29(23)19-5-3-2-4-6-19/h2-15H,1H3. The van der Waals surface area contributed by atoms with Crippen molar-refractivity contribution in [2.45, 2.75) is 0 Å². The van der Waals surface area contributed by atoms with Crippen LogP contribution in [-0.4, -0.2) is 26.4 Å². The third-order valence-electron chi connectivity index (χ3n) is 5.03. The van der Waals surface area contributed by atoms with Gasteiger partial charge < -0.3 is 4.74 Å². The van der Waals surface area contributed by atoms with Crippen LogP contribution in [0.1, 0.15) is 0 Å². The minimum atomic E-state index is -0.206. The molecule has 0 aliphatic heterocycles. The first-order chi connectivity index (χ1) is 15.2. The summed E-state index contributed by atoms with van der Waals surface area (Å²) in [7, 11) is 1.60. The second-order valence-corrected chi connectivity index (χ2v) is 7.35. The predicted octanol–water partition coefficient (Wildman–Crippen LogP) is 4.90. The van der Waals surface area contributed by atoms with Gasteiger partial charge in [-0.2, -0.15) is 5.10 Å². The van der Waals surface area contributed by atoms with Crippen molar-refractivity contribution in [3.05, 3.63) is 100 Å². The Bertz CT molecular complexity index is 1420. The van der Waals surface area contributed by atoms with Crippen LogP contribution in [0.4, 0.5) is 0 Å². The molecule has 0 saturated heterocycles. The number of benzene rings is 3. The third kappa shape index (κ3) is 3.37. The van der Waals surface area contributed by atoms with Crippen molar-refractivity contribution in [3.63, 3.8) is 0 Å². The van der Waals surface area contributed by atoms with E-state index in [0.717, 1.165) is 11.3 Å². The fraction of sp³-hybridized carbons (Fsp3) is 0.0417. The van der Waals surface area contributed by atoms with Gasteiger partial charge in [-0.05, 0) is 60.7 Å². The lowest BCUT2D eigenvalue weighted by Gasteiger charge is -2.14. The highest BCUT2D eigenvalue weighted by atomic mass is 35.5. The van der Waals surface area contributed by atoms with Crippen molar-refractivity contribution in [1.29, 1.82) is 0 Å². The summed E-state index contributed by atoms with van der Waals surface area (Å²) in [5.74, 6) is 1.20. The summed E-state index contributed by atoms with van der Waals surface area (Å²) in [6.07, 6.45) is 1.56. The zero-order valence-corrected chi connectivity index (χ0v) is 17.3. The first kappa shape index (κ1) is 19.1. The lowest BCUT2D eigenvalue weighted by Crippen LogP contribution is -2.22. The summed E-state index contributed by atoms with van der Waals surface area (Å²) < 4.78 is 8.52. The highest BCUT2D eigenvalue weighted by Gasteiger charge is 2.18. The van der Waals surface area contributed by atoms with Crippen LogP contribution in [-0.2, 0) is 0 Å². The zero-order chi connectivity index (χ0) is 21.4. The van der Waals surface area contributed by atoms with Crippen LogP contribution in [0.3, 0.4) is 0 Å². The molecule has 0 N–H and O–H groups in total. The number of para-hydroxylation sites is 1. The number of nitrogens with zero attached hydrogens (tertiary/aromatic N) is 4. The summed E-state index contributed by atoms with van der Waals surface area (Å²) in [5, 5.41) is 5.47. The van der Waals surface area contributed by atoms with Gasteiger partial charge in [-0.25, -0.2) is 9.67 Å². The van der Waals surface area contributed by atoms with Crippen molar-refractivity contribution < 1.29 is 4.74 Å². The van der Waals surface area contributed by atoms with Crippen molar-refractivity contribution in [1.82, 2.24) is 19.3 Å². The summed E-state index contributed by atoms with van der Waals surface area (Å²) in [5.41, 5.74) is 2.56. The highest BCUT2D eigenvalue weighted by Crippen LogP contribution is 2.25. The van der Waals surface area contributed by atoms with Crippen LogP contribution in [0.25, 0.3) is 33.8 Å². The van der Waals surface area contributed by atoms with Crippen LogP contribution in [0.15, 0.2) is 89.9 Å². The Balaban J connectivity index is 1.82. The number of ether oxygens (including phenoxy) is 1. The topological polar surface area (TPSA) is 61.9 Å². The smallest absolute Gasteiger partial charge is 0.269 e. The molecule has 152 valence electrons. The average molecular weight is 429 g/mol. The molecule has 0 atom stereocenters. The molecule has 0 saturated carbocycles. The molecule has 2 heterocycles. The molecule has 0 amide bonds. The van der Waals surface area contributed by atoms with E-state index >= 15 is 0 Å². The second-order valence-electron chi connectivity index (χ2n) is 6.91. The lowest BCUT2D eigenvalue weighted by atomic mass is 10.2. The third-order valence-corrected chi connectivity index (χ3v) is 5.29. The lowest BCUT2D eigenvalue weighted by molar-refractivity contribution is 0.414. The van der Waals surface area contributed by atoms with E-state index in [2.05, 4.69) is 5.10 Å². The maximum absolute atomic E-state index is 13.6. The number of halogens is 1. The van der Waals surface area contributed by atoms with Gasteiger partial charge in [-0.3, -0.25) is 9.36 Å². The minimum Gasteiger partial charge on any atom is -0.497 e. The van der Waals surface area contributed by atoms with Crippen LogP contribution < -0.4 is 10.3 Å². The average Bonchev–Trinajstić information content (AvgIpc) is 3.25. The van der Waals surface area contributed by atoms with E-state index in [1.165, 1.54) is 0 Å². The summed E-state index contributed by atoms with van der Waals surface area (Å²) in [6.45, 7) is 0. The molecular weight excluding hydrogens is 412 g/mol. The van der Waals surface area contributed by atoms with Gasteiger partial charge in [0.1, 0.15) is 17.0 Å². The predicted molar refractivity (Wildman–Crippen MR) is 121 cm³/mol. The molecule has 5 rings (SSSR count). The fourth-order valence-corrected chi connectivity index (χ4v) is 3.61. The molecule has 2 aromatic heterocycles. The van der Waals surface area contributed by atoms with E-state index in [4.69, 9.17) is 21.3 Å². The molecule has 0 bridgehead atoms. The molecule has 7 heteroatoms. The van der Waals surface area contributed by atoms with E-state index < -0.39 is 0 Å². The van der Waals surface area contributed by atoms with E-state index in [1.54, 1.807) is 34.7 Å². The number of methoxy groups -OCH3 is 1. The van der Waals surface area contributed by atoms with Crippen LogP contribution in [0, 0.1) is 0 Å². The largest absolute Gasteiger partial charge is 0.497 e. The zero-order valence-electron chi connectivity index (χ0n) is 16.6. The van der Waals surface area contributed by atoms with E-state index in [0.29, 0.717) is 33.3 Å². The quantitative estimate of drug-likeness (QED) is 0.408. The molecule has 31 heavy (non-hydrogen) atoms. The van der Waals surface area contributed by atoms with E-state index in [9.17, 15) is 4.79 Å². The normalized spacial score (nSPS) is 11.0. The summed E-state index contributed by atoms with van der Waals surface area (Å²) in [4.78, 5) is 18.5. The molecule has 6 nitrogen and oxygen atoms in total. The van der Waals surface area contributed by atoms with Crippen LogP contribution in [0.2, 0.25) is 5.02 Å². The van der Waals surface area contributed by atoms with Gasteiger partial charge in [0, 0.05) is 10.6 Å². The van der Waals surface area contributed by atoms with Gasteiger partial charge in [-0.1, -0.05) is 29.8 Å². The molecule has 0 aliphatic carbocycles. The maximum atomic E-state index is 13.6. The molecule has 0 unspecified atom stereocenters. The monoisotopic (exact) mass is 428 g/mol. The van der Waals surface area contributed by atoms with Crippen molar-refractivity contribution in [2.75, 3.05) is 7.11 Å². The Hall–Kier alpha value is -3.90. The number of hydrogen-bond acceptors (Lipinski definition) is 4. The molecular formula is C24H17ClN4O2. The number of rotatable bonds is 4. The van der Waals surface area contributed by atoms with Gasteiger partial charge in [0.05, 0.1) is 24.7 Å². The van der Waals surface area contributed by atoms with Gasteiger partial charge in [0.2, 0.25) is 0 Å². The van der Waals surface area contributed by atoms with Crippen LogP contribution in [0.5, 0.6) is 5.75 Å². The minimum absolute atomic E-state index is 0.206. The highest BCUT2D eigenvalue weighted by molar-refractivity contribution is 6.30. The van der Waals surface area contributed by atoms with Gasteiger partial charge in [0.15, 0.2) is 5.65 Å². The first-order valence-electron chi connectivity index (χ1n) is 9.62. The molecule has 0 radical (unpaired) electrons. The SMILES string of the molecule is COc1ccc(-n2c(-c3ccc(Cl)cc3)nc3c(cnn3-c3ccccc3)c2=O)cc1. The number of fused-ring (bicyclic) bond motifs is 1. The Labute approximate surface area is 182 Å². The van der Waals surface area contributed by atoms with Crippen LogP contribution >= 0.6 is 11.6 Å². The van der Waals surface area contributed by atoms with Crippen molar-refractivity contribution in [3.8, 4) is 28.5 Å². The molecule has 0 aliphatic rings. The van der Waals surface area contributed by atoms with Gasteiger partial charge in [0.25, 0.3) is 5.56 Å². The Kier molecular flexibility index (Phi) is 4.76. The Morgan fingerprint density at radius 2 is 1.58 bits per heavy atom. The Morgan fingerprint density at radius 3 is 2.26 bits per heavy atom. The van der Waals surface area contributed by atoms with E-state index in [-0.39, 0.29) is 5.56 Å². The fourth-order valence-electron chi connectivity index (χ4n) is 3.49. The molecule has 0 fully saturated rings. The summed E-state index contributed by atoms with van der Waals surface area (Å²) in [6, 6.07) is 24.1. The van der Waals surface area contributed by atoms with E-state index in [1.807, 2.05) is 66.7 Å². The molecule has 5 aromatic rings. The second kappa shape index (κ2) is 7.74. The summed E-state index contributed by atoms with van der Waals surface area (Å²) >= 11 is 6.09.